The number of aryl methyl sites for hydroxylation is 1. The van der Waals surface area contributed by atoms with Crippen LogP contribution in [-0.2, 0) is 11.2 Å². The monoisotopic (exact) mass is 213 g/mol. The molecule has 0 spiro atoms. The number of aromatic nitrogens is 2. The van der Waals surface area contributed by atoms with Gasteiger partial charge in [-0.25, -0.2) is 4.98 Å². The van der Waals surface area contributed by atoms with Gasteiger partial charge in [0.05, 0.1) is 12.7 Å². The Morgan fingerprint density at radius 2 is 2.50 bits per heavy atom. The minimum absolute atomic E-state index is 0.303. The van der Waals surface area contributed by atoms with E-state index in [0.29, 0.717) is 6.10 Å². The van der Waals surface area contributed by atoms with Gasteiger partial charge in [-0.3, -0.25) is 0 Å². The minimum atomic E-state index is 0.303. The minimum Gasteiger partial charge on any atom is -0.375 e. The summed E-state index contributed by atoms with van der Waals surface area (Å²) in [6.45, 7) is 6.82. The topological polar surface area (TPSA) is 38.2 Å². The number of anilines is 1. The second kappa shape index (κ2) is 4.23. The molecule has 4 nitrogen and oxygen atoms in total. The van der Waals surface area contributed by atoms with Crippen LogP contribution in [0.1, 0.15) is 19.7 Å². The predicted octanol–water partition coefficient (Wildman–Crippen LogP) is 1.33. The quantitative estimate of drug-likeness (QED) is 0.743. The van der Waals surface area contributed by atoms with Gasteiger partial charge in [0.1, 0.15) is 5.82 Å². The first-order valence-electron chi connectivity index (χ1n) is 4.98. The molecule has 1 atom stereocenters. The van der Waals surface area contributed by atoms with Crippen LogP contribution in [0.15, 0.2) is 0 Å². The Balaban J connectivity index is 2.06. The summed E-state index contributed by atoms with van der Waals surface area (Å²) in [7, 11) is 0. The highest BCUT2D eigenvalue weighted by molar-refractivity contribution is 7.09. The van der Waals surface area contributed by atoms with E-state index in [-0.39, 0.29) is 0 Å². The SMILES string of the molecule is CCc1nsc(N2CCOC(C)C2)n1. The lowest BCUT2D eigenvalue weighted by Gasteiger charge is -2.30. The van der Waals surface area contributed by atoms with Crippen molar-refractivity contribution in [2.45, 2.75) is 26.4 Å². The van der Waals surface area contributed by atoms with E-state index in [1.54, 1.807) is 0 Å². The second-order valence-electron chi connectivity index (χ2n) is 3.47. The number of hydrogen-bond donors (Lipinski definition) is 0. The Labute approximate surface area is 88.1 Å². The third kappa shape index (κ3) is 2.04. The van der Waals surface area contributed by atoms with Crippen LogP contribution in [-0.4, -0.2) is 35.2 Å². The maximum absolute atomic E-state index is 5.48. The number of hydrogen-bond acceptors (Lipinski definition) is 5. The summed E-state index contributed by atoms with van der Waals surface area (Å²) >= 11 is 1.49. The molecular weight excluding hydrogens is 198 g/mol. The molecule has 1 unspecified atom stereocenters. The Bertz CT molecular complexity index is 302. The third-order valence-corrected chi connectivity index (χ3v) is 3.10. The van der Waals surface area contributed by atoms with E-state index in [2.05, 4.69) is 28.1 Å². The van der Waals surface area contributed by atoms with Crippen molar-refractivity contribution in [1.82, 2.24) is 9.36 Å². The van der Waals surface area contributed by atoms with Crippen LogP contribution in [0.5, 0.6) is 0 Å². The van der Waals surface area contributed by atoms with Crippen molar-refractivity contribution < 1.29 is 4.74 Å². The molecule has 2 rings (SSSR count). The van der Waals surface area contributed by atoms with Crippen LogP contribution < -0.4 is 4.90 Å². The molecule has 1 fully saturated rings. The molecule has 1 saturated heterocycles. The highest BCUT2D eigenvalue weighted by Crippen LogP contribution is 2.19. The van der Waals surface area contributed by atoms with Gasteiger partial charge in [0.25, 0.3) is 0 Å². The Kier molecular flexibility index (Phi) is 2.98. The van der Waals surface area contributed by atoms with Gasteiger partial charge in [0.2, 0.25) is 5.13 Å². The Morgan fingerprint density at radius 1 is 1.64 bits per heavy atom. The van der Waals surface area contributed by atoms with Crippen molar-refractivity contribution in [3.8, 4) is 0 Å². The molecule has 14 heavy (non-hydrogen) atoms. The van der Waals surface area contributed by atoms with Gasteiger partial charge in [-0.05, 0) is 6.92 Å². The molecule has 1 aliphatic heterocycles. The van der Waals surface area contributed by atoms with Gasteiger partial charge in [-0.2, -0.15) is 4.37 Å². The van der Waals surface area contributed by atoms with Crippen molar-refractivity contribution >= 4 is 16.7 Å². The lowest BCUT2D eigenvalue weighted by atomic mass is 10.3. The maximum Gasteiger partial charge on any atom is 0.205 e. The standard InChI is InChI=1S/C9H15N3OS/c1-3-8-10-9(14-11-8)12-4-5-13-7(2)6-12/h7H,3-6H2,1-2H3. The zero-order valence-electron chi connectivity index (χ0n) is 8.56. The zero-order valence-corrected chi connectivity index (χ0v) is 9.38. The molecule has 0 saturated carbocycles. The number of rotatable bonds is 2. The lowest BCUT2D eigenvalue weighted by Crippen LogP contribution is -2.41. The number of morpholine rings is 1. The number of nitrogens with zero attached hydrogens (tertiary/aromatic N) is 3. The molecule has 0 radical (unpaired) electrons. The summed E-state index contributed by atoms with van der Waals surface area (Å²) in [5.41, 5.74) is 0. The van der Waals surface area contributed by atoms with Gasteiger partial charge in [0, 0.05) is 31.0 Å². The van der Waals surface area contributed by atoms with E-state index >= 15 is 0 Å². The molecule has 1 aromatic heterocycles. The predicted molar refractivity (Wildman–Crippen MR) is 56.9 cm³/mol. The lowest BCUT2D eigenvalue weighted by molar-refractivity contribution is 0.0532. The van der Waals surface area contributed by atoms with E-state index in [0.717, 1.165) is 37.1 Å². The van der Waals surface area contributed by atoms with Gasteiger partial charge < -0.3 is 9.64 Å². The molecule has 0 N–H and O–H groups in total. The van der Waals surface area contributed by atoms with Crippen molar-refractivity contribution in [3.63, 3.8) is 0 Å². The number of ether oxygens (including phenoxy) is 1. The zero-order chi connectivity index (χ0) is 9.97. The van der Waals surface area contributed by atoms with Gasteiger partial charge in [-0.15, -0.1) is 0 Å². The second-order valence-corrected chi connectivity index (χ2v) is 4.20. The largest absolute Gasteiger partial charge is 0.375 e. The molecular formula is C9H15N3OS. The molecule has 1 aliphatic rings. The van der Waals surface area contributed by atoms with Crippen molar-refractivity contribution in [2.24, 2.45) is 0 Å². The molecule has 2 heterocycles. The van der Waals surface area contributed by atoms with Crippen molar-refractivity contribution in [3.05, 3.63) is 5.82 Å². The van der Waals surface area contributed by atoms with Crippen LogP contribution >= 0.6 is 11.5 Å². The summed E-state index contributed by atoms with van der Waals surface area (Å²) in [6, 6.07) is 0. The van der Waals surface area contributed by atoms with Gasteiger partial charge in [0.15, 0.2) is 0 Å². The van der Waals surface area contributed by atoms with Crippen LogP contribution in [0.25, 0.3) is 0 Å². The highest BCUT2D eigenvalue weighted by Gasteiger charge is 2.19. The van der Waals surface area contributed by atoms with Crippen LogP contribution in [0.4, 0.5) is 5.13 Å². The highest BCUT2D eigenvalue weighted by atomic mass is 32.1. The molecule has 0 amide bonds. The van der Waals surface area contributed by atoms with Crippen LogP contribution in [0, 0.1) is 0 Å². The Morgan fingerprint density at radius 3 is 3.14 bits per heavy atom. The fraction of sp³-hybridized carbons (Fsp3) is 0.778. The van der Waals surface area contributed by atoms with Crippen LogP contribution in [0.3, 0.4) is 0 Å². The first kappa shape index (κ1) is 9.86. The smallest absolute Gasteiger partial charge is 0.205 e. The third-order valence-electron chi connectivity index (χ3n) is 2.29. The molecule has 78 valence electrons. The van der Waals surface area contributed by atoms with E-state index < -0.39 is 0 Å². The summed E-state index contributed by atoms with van der Waals surface area (Å²) in [5, 5.41) is 1.04. The van der Waals surface area contributed by atoms with Gasteiger partial charge in [-0.1, -0.05) is 6.92 Å². The van der Waals surface area contributed by atoms with E-state index in [1.165, 1.54) is 11.5 Å². The molecule has 5 heteroatoms. The summed E-state index contributed by atoms with van der Waals surface area (Å²) < 4.78 is 9.76. The maximum atomic E-state index is 5.48. The average molecular weight is 213 g/mol. The molecule has 1 aromatic rings. The molecule has 0 aliphatic carbocycles. The molecule has 0 aromatic carbocycles. The fourth-order valence-electron chi connectivity index (χ4n) is 1.51. The first-order chi connectivity index (χ1) is 6.79. The summed E-state index contributed by atoms with van der Waals surface area (Å²) in [4.78, 5) is 6.72. The first-order valence-corrected chi connectivity index (χ1v) is 5.76. The van der Waals surface area contributed by atoms with Crippen molar-refractivity contribution in [1.29, 1.82) is 0 Å². The summed E-state index contributed by atoms with van der Waals surface area (Å²) in [5.74, 6) is 0.948. The average Bonchev–Trinajstić information content (AvgIpc) is 2.66. The molecule has 0 bridgehead atoms. The van der Waals surface area contributed by atoms with Crippen molar-refractivity contribution in [2.75, 3.05) is 24.6 Å². The summed E-state index contributed by atoms with van der Waals surface area (Å²) in [6.07, 6.45) is 1.22. The Hall–Kier alpha value is -0.680. The van der Waals surface area contributed by atoms with Gasteiger partial charge >= 0.3 is 0 Å². The van der Waals surface area contributed by atoms with Crippen LogP contribution in [0.2, 0.25) is 0 Å². The van der Waals surface area contributed by atoms with E-state index in [1.807, 2.05) is 0 Å². The van der Waals surface area contributed by atoms with E-state index in [9.17, 15) is 0 Å². The normalized spacial score (nSPS) is 22.7. The fourth-order valence-corrected chi connectivity index (χ4v) is 2.29. The van der Waals surface area contributed by atoms with E-state index in [4.69, 9.17) is 4.74 Å².